The summed E-state index contributed by atoms with van der Waals surface area (Å²) < 4.78 is 0. The normalized spacial score (nSPS) is 11.4. The molecule has 5 aromatic carbocycles. The van der Waals surface area contributed by atoms with Gasteiger partial charge in [-0.1, -0.05) is 36.4 Å². The molecule has 3 heteroatoms. The molecule has 0 N–H and O–H groups in total. The first kappa shape index (κ1) is 35.0. The Morgan fingerprint density at radius 2 is 0.560 bits per heavy atom. The zero-order valence-corrected chi connectivity index (χ0v) is 32.5. The molecule has 0 amide bonds. The minimum Gasteiger partial charge on any atom is -0.208 e. The highest BCUT2D eigenvalue weighted by Gasteiger charge is 2.23. The Morgan fingerprint density at radius 3 is 0.900 bits per heavy atom. The topological polar surface area (TPSA) is 38.7 Å². The Morgan fingerprint density at radius 1 is 0.260 bits per heavy atom. The van der Waals surface area contributed by atoms with Gasteiger partial charge in [0.2, 0.25) is 0 Å². The van der Waals surface area contributed by atoms with Crippen LogP contribution in [0.15, 0.2) is 54.6 Å². The van der Waals surface area contributed by atoms with Crippen LogP contribution in [0, 0.1) is 96.9 Å². The first-order chi connectivity index (χ1) is 23.6. The van der Waals surface area contributed by atoms with Crippen molar-refractivity contribution in [2.24, 2.45) is 0 Å². The van der Waals surface area contributed by atoms with Crippen LogP contribution in [-0.4, -0.2) is 15.0 Å². The lowest BCUT2D eigenvalue weighted by Gasteiger charge is -2.21. The van der Waals surface area contributed by atoms with E-state index in [1.165, 1.54) is 89.0 Å². The summed E-state index contributed by atoms with van der Waals surface area (Å²) in [4.78, 5) is 16.1. The predicted molar refractivity (Wildman–Crippen MR) is 213 cm³/mol. The second-order valence-electron chi connectivity index (χ2n) is 14.7. The van der Waals surface area contributed by atoms with Crippen molar-refractivity contribution in [1.82, 2.24) is 15.0 Å². The smallest absolute Gasteiger partial charge is 0.164 e. The van der Waals surface area contributed by atoms with Crippen LogP contribution < -0.4 is 0 Å². The summed E-state index contributed by atoms with van der Waals surface area (Å²) in [6, 6.07) is 20.3. The summed E-state index contributed by atoms with van der Waals surface area (Å²) in [6.07, 6.45) is 0. The van der Waals surface area contributed by atoms with Crippen molar-refractivity contribution in [3.8, 4) is 56.4 Å². The molecule has 0 fully saturated rings. The highest BCUT2D eigenvalue weighted by molar-refractivity contribution is 5.82. The molecule has 6 rings (SSSR count). The highest BCUT2D eigenvalue weighted by atomic mass is 15.0. The van der Waals surface area contributed by atoms with Gasteiger partial charge in [0, 0.05) is 16.7 Å². The van der Waals surface area contributed by atoms with Crippen LogP contribution in [0.4, 0.5) is 0 Å². The Bertz CT molecular complexity index is 2140. The van der Waals surface area contributed by atoms with Crippen molar-refractivity contribution in [2.45, 2.75) is 96.9 Å². The molecule has 0 unspecified atom stereocenters. The Kier molecular flexibility index (Phi) is 9.16. The number of nitrogens with zero attached hydrogens (tertiary/aromatic N) is 3. The maximum absolute atomic E-state index is 5.37. The van der Waals surface area contributed by atoms with Gasteiger partial charge in [0.15, 0.2) is 17.5 Å². The number of rotatable bonds is 5. The molecule has 0 saturated heterocycles. The average molecular weight is 658 g/mol. The summed E-state index contributed by atoms with van der Waals surface area (Å²) in [5.74, 6) is 2.14. The minimum absolute atomic E-state index is 0.685. The predicted octanol–water partition coefficient (Wildman–Crippen LogP) is 12.5. The number of aromatic nitrogens is 3. The zero-order valence-electron chi connectivity index (χ0n) is 32.5. The van der Waals surface area contributed by atoms with Gasteiger partial charge in [-0.2, -0.15) is 0 Å². The van der Waals surface area contributed by atoms with Gasteiger partial charge < -0.3 is 0 Å². The van der Waals surface area contributed by atoms with Gasteiger partial charge >= 0.3 is 0 Å². The fourth-order valence-electron chi connectivity index (χ4n) is 7.33. The van der Waals surface area contributed by atoms with E-state index in [1.807, 2.05) is 0 Å². The Labute approximate surface area is 299 Å². The van der Waals surface area contributed by atoms with Crippen molar-refractivity contribution < 1.29 is 0 Å². The third-order valence-electron chi connectivity index (χ3n) is 12.0. The lowest BCUT2D eigenvalue weighted by Crippen LogP contribution is -2.08. The fraction of sp³-hybridized carbons (Fsp3) is 0.298. The van der Waals surface area contributed by atoms with Crippen LogP contribution in [0.3, 0.4) is 0 Å². The number of hydrogen-bond donors (Lipinski definition) is 0. The van der Waals surface area contributed by atoms with Crippen LogP contribution >= 0.6 is 0 Å². The summed E-state index contributed by atoms with van der Waals surface area (Å²) in [5.41, 5.74) is 25.6. The molecule has 0 bridgehead atoms. The standard InChI is InChI=1S/C47H51N3/c1-24-15-17-38(19-26(24)3)40-21-41(39-18-16-25(2)27(4)20-39)23-42(22-40)45-48-46(43-34(11)30(7)28(5)31(8)35(43)12)50-47(49-45)44-36(13)32(9)29(6)33(10)37(44)14/h15-23H,1-14H3. The largest absolute Gasteiger partial charge is 0.208 e. The molecule has 0 aliphatic rings. The maximum Gasteiger partial charge on any atom is 0.164 e. The van der Waals surface area contributed by atoms with Gasteiger partial charge in [-0.3, -0.25) is 0 Å². The van der Waals surface area contributed by atoms with Crippen molar-refractivity contribution in [1.29, 1.82) is 0 Å². The molecule has 0 radical (unpaired) electrons. The van der Waals surface area contributed by atoms with E-state index < -0.39 is 0 Å². The van der Waals surface area contributed by atoms with Crippen molar-refractivity contribution >= 4 is 0 Å². The van der Waals surface area contributed by atoms with Crippen LogP contribution in [0.1, 0.15) is 77.9 Å². The van der Waals surface area contributed by atoms with Gasteiger partial charge in [-0.25, -0.2) is 15.0 Å². The summed E-state index contributed by atoms with van der Waals surface area (Å²) >= 11 is 0. The van der Waals surface area contributed by atoms with Crippen molar-refractivity contribution in [2.75, 3.05) is 0 Å². The van der Waals surface area contributed by atoms with Crippen LogP contribution in [0.25, 0.3) is 56.4 Å². The summed E-state index contributed by atoms with van der Waals surface area (Å²) in [6.45, 7) is 30.8. The molecular weight excluding hydrogens is 607 g/mol. The average Bonchev–Trinajstić information content (AvgIpc) is 3.10. The number of aryl methyl sites for hydroxylation is 4. The van der Waals surface area contributed by atoms with Crippen LogP contribution in [0.2, 0.25) is 0 Å². The summed E-state index contributed by atoms with van der Waals surface area (Å²) in [5, 5.41) is 0. The van der Waals surface area contributed by atoms with Gasteiger partial charge in [-0.15, -0.1) is 0 Å². The van der Waals surface area contributed by atoms with Crippen LogP contribution in [0.5, 0.6) is 0 Å². The third-order valence-corrected chi connectivity index (χ3v) is 12.0. The molecule has 254 valence electrons. The molecule has 0 aliphatic carbocycles. The van der Waals surface area contributed by atoms with Crippen molar-refractivity contribution in [3.63, 3.8) is 0 Å². The van der Waals surface area contributed by atoms with E-state index >= 15 is 0 Å². The van der Waals surface area contributed by atoms with Crippen LogP contribution in [-0.2, 0) is 0 Å². The first-order valence-corrected chi connectivity index (χ1v) is 17.8. The number of benzene rings is 5. The highest BCUT2D eigenvalue weighted by Crippen LogP contribution is 2.39. The molecule has 6 aromatic rings. The van der Waals surface area contributed by atoms with E-state index in [2.05, 4.69) is 152 Å². The van der Waals surface area contributed by atoms with E-state index in [0.717, 1.165) is 39.5 Å². The summed E-state index contributed by atoms with van der Waals surface area (Å²) in [7, 11) is 0. The van der Waals surface area contributed by atoms with E-state index in [-0.39, 0.29) is 0 Å². The molecule has 1 aromatic heterocycles. The molecule has 0 aliphatic heterocycles. The SMILES string of the molecule is Cc1ccc(-c2cc(-c3ccc(C)c(C)c3)cc(-c3nc(-c4c(C)c(C)c(C)c(C)c4C)nc(-c4c(C)c(C)c(C)c(C)c4C)n3)c2)cc1C. The fourth-order valence-corrected chi connectivity index (χ4v) is 7.33. The van der Waals surface area contributed by atoms with Gasteiger partial charge in [0.1, 0.15) is 0 Å². The minimum atomic E-state index is 0.685. The second kappa shape index (κ2) is 13.1. The molecule has 0 atom stereocenters. The third kappa shape index (κ3) is 5.98. The zero-order chi connectivity index (χ0) is 36.3. The monoisotopic (exact) mass is 657 g/mol. The van der Waals surface area contributed by atoms with Gasteiger partial charge in [0.05, 0.1) is 0 Å². The second-order valence-corrected chi connectivity index (χ2v) is 14.7. The lowest BCUT2D eigenvalue weighted by molar-refractivity contribution is 1.04. The molecule has 3 nitrogen and oxygen atoms in total. The Hall–Kier alpha value is -4.89. The molecule has 0 spiro atoms. The van der Waals surface area contributed by atoms with E-state index in [9.17, 15) is 0 Å². The molecular formula is C47H51N3. The van der Waals surface area contributed by atoms with E-state index in [4.69, 9.17) is 15.0 Å². The Balaban J connectivity index is 1.72. The lowest BCUT2D eigenvalue weighted by atomic mass is 9.88. The van der Waals surface area contributed by atoms with E-state index in [0.29, 0.717) is 5.82 Å². The molecule has 0 saturated carbocycles. The maximum atomic E-state index is 5.37. The molecule has 50 heavy (non-hydrogen) atoms. The van der Waals surface area contributed by atoms with Crippen molar-refractivity contribution in [3.05, 3.63) is 132 Å². The van der Waals surface area contributed by atoms with Gasteiger partial charge in [0.25, 0.3) is 0 Å². The number of hydrogen-bond acceptors (Lipinski definition) is 3. The molecule has 1 heterocycles. The first-order valence-electron chi connectivity index (χ1n) is 17.8. The van der Waals surface area contributed by atoms with E-state index in [1.54, 1.807) is 0 Å². The quantitative estimate of drug-likeness (QED) is 0.185. The van der Waals surface area contributed by atoms with Gasteiger partial charge in [-0.05, 0) is 215 Å².